The first-order chi connectivity index (χ1) is 12.0. The van der Waals surface area contributed by atoms with Crippen LogP contribution in [-0.4, -0.2) is 38.8 Å². The Balaban J connectivity index is 1.55. The predicted octanol–water partition coefficient (Wildman–Crippen LogP) is 2.91. The van der Waals surface area contributed by atoms with E-state index in [-0.39, 0.29) is 17.9 Å². The zero-order valence-corrected chi connectivity index (χ0v) is 14.9. The molecule has 0 radical (unpaired) electrons. The molecule has 1 saturated heterocycles. The van der Waals surface area contributed by atoms with E-state index in [1.165, 1.54) is 6.07 Å². The van der Waals surface area contributed by atoms with Crippen molar-refractivity contribution in [1.82, 2.24) is 25.0 Å². The van der Waals surface area contributed by atoms with Gasteiger partial charge >= 0.3 is 6.03 Å². The Hall–Kier alpha value is -2.44. The van der Waals surface area contributed by atoms with Gasteiger partial charge in [-0.15, -0.1) is 10.2 Å². The third-order valence-electron chi connectivity index (χ3n) is 4.93. The smallest absolute Gasteiger partial charge is 0.317 e. The standard InChI is InChI=1S/C18H24FN5O/c1-12-4-5-15(10-16(12)19)13(2)21-18(25)24-8-6-14(7-9-24)17-22-20-11-23(17)3/h4-5,10-11,13-14H,6-9H2,1-3H3,(H,21,25)/t13-/m0/s1. The summed E-state index contributed by atoms with van der Waals surface area (Å²) < 4.78 is 15.6. The van der Waals surface area contributed by atoms with Crippen molar-refractivity contribution in [3.8, 4) is 0 Å². The highest BCUT2D eigenvalue weighted by atomic mass is 19.1. The number of benzene rings is 1. The number of nitrogens with zero attached hydrogens (tertiary/aromatic N) is 4. The van der Waals surface area contributed by atoms with Crippen LogP contribution in [-0.2, 0) is 7.05 Å². The Morgan fingerprint density at radius 2 is 2.08 bits per heavy atom. The monoisotopic (exact) mass is 345 g/mol. The maximum atomic E-state index is 13.7. The van der Waals surface area contributed by atoms with E-state index in [0.717, 1.165) is 24.2 Å². The van der Waals surface area contributed by atoms with Gasteiger partial charge in [0.2, 0.25) is 0 Å². The van der Waals surface area contributed by atoms with Crippen molar-refractivity contribution in [2.75, 3.05) is 13.1 Å². The number of aromatic nitrogens is 3. The van der Waals surface area contributed by atoms with E-state index >= 15 is 0 Å². The first-order valence-corrected chi connectivity index (χ1v) is 8.61. The van der Waals surface area contributed by atoms with Crippen LogP contribution in [0.2, 0.25) is 0 Å². The second-order valence-electron chi connectivity index (χ2n) is 6.74. The molecule has 1 aromatic heterocycles. The van der Waals surface area contributed by atoms with Gasteiger partial charge < -0.3 is 14.8 Å². The summed E-state index contributed by atoms with van der Waals surface area (Å²) in [5.74, 6) is 1.06. The Bertz CT molecular complexity index is 752. The SMILES string of the molecule is Cc1ccc([C@H](C)NC(=O)N2CCC(c3nncn3C)CC2)cc1F. The number of nitrogens with one attached hydrogen (secondary N) is 1. The van der Waals surface area contributed by atoms with Crippen LogP contribution in [0.4, 0.5) is 9.18 Å². The van der Waals surface area contributed by atoms with Gasteiger partial charge in [0.05, 0.1) is 6.04 Å². The number of rotatable bonds is 3. The number of piperidine rings is 1. The molecule has 1 aromatic carbocycles. The average molecular weight is 345 g/mol. The number of amides is 2. The first kappa shape index (κ1) is 17.4. The summed E-state index contributed by atoms with van der Waals surface area (Å²) in [5.41, 5.74) is 1.37. The molecule has 6 nitrogen and oxygen atoms in total. The minimum atomic E-state index is -0.247. The fraction of sp³-hybridized carbons (Fsp3) is 0.500. The van der Waals surface area contributed by atoms with Crippen LogP contribution in [0.1, 0.15) is 48.7 Å². The molecule has 25 heavy (non-hydrogen) atoms. The topological polar surface area (TPSA) is 63.1 Å². The van der Waals surface area contributed by atoms with E-state index in [1.807, 2.05) is 29.5 Å². The highest BCUT2D eigenvalue weighted by Gasteiger charge is 2.27. The number of carbonyl (C=O) groups is 1. The van der Waals surface area contributed by atoms with E-state index in [1.54, 1.807) is 19.3 Å². The molecule has 0 aliphatic carbocycles. The predicted molar refractivity (Wildman–Crippen MR) is 92.6 cm³/mol. The summed E-state index contributed by atoms with van der Waals surface area (Å²) in [6.07, 6.45) is 3.44. The van der Waals surface area contributed by atoms with Crippen LogP contribution in [0.3, 0.4) is 0 Å². The van der Waals surface area contributed by atoms with Crippen LogP contribution in [0, 0.1) is 12.7 Å². The maximum Gasteiger partial charge on any atom is 0.317 e. The quantitative estimate of drug-likeness (QED) is 0.930. The van der Waals surface area contributed by atoms with Crippen molar-refractivity contribution in [3.05, 3.63) is 47.3 Å². The summed E-state index contributed by atoms with van der Waals surface area (Å²) in [4.78, 5) is 14.3. The lowest BCUT2D eigenvalue weighted by atomic mass is 9.96. The molecule has 3 rings (SSSR count). The molecule has 2 amide bonds. The maximum absolute atomic E-state index is 13.7. The number of hydrogen-bond donors (Lipinski definition) is 1. The molecule has 0 bridgehead atoms. The van der Waals surface area contributed by atoms with Gasteiger partial charge in [-0.3, -0.25) is 0 Å². The largest absolute Gasteiger partial charge is 0.331 e. The Labute approximate surface area is 147 Å². The normalized spacial score (nSPS) is 16.7. The van der Waals surface area contributed by atoms with Gasteiger partial charge in [0.1, 0.15) is 18.0 Å². The van der Waals surface area contributed by atoms with Crippen molar-refractivity contribution in [1.29, 1.82) is 0 Å². The number of likely N-dealkylation sites (tertiary alicyclic amines) is 1. The van der Waals surface area contributed by atoms with E-state index in [0.29, 0.717) is 24.6 Å². The van der Waals surface area contributed by atoms with Crippen molar-refractivity contribution in [2.45, 2.75) is 38.6 Å². The molecule has 0 unspecified atom stereocenters. The molecule has 1 atom stereocenters. The van der Waals surface area contributed by atoms with Crippen molar-refractivity contribution in [3.63, 3.8) is 0 Å². The van der Waals surface area contributed by atoms with E-state index in [2.05, 4.69) is 15.5 Å². The number of aryl methyl sites for hydroxylation is 2. The highest BCUT2D eigenvalue weighted by Crippen LogP contribution is 2.26. The molecule has 1 aliphatic rings. The van der Waals surface area contributed by atoms with Crippen LogP contribution in [0.15, 0.2) is 24.5 Å². The van der Waals surface area contributed by atoms with E-state index < -0.39 is 0 Å². The van der Waals surface area contributed by atoms with Gasteiger partial charge in [0, 0.05) is 26.1 Å². The van der Waals surface area contributed by atoms with Gasteiger partial charge in [0.25, 0.3) is 0 Å². The second-order valence-corrected chi connectivity index (χ2v) is 6.74. The molecule has 2 heterocycles. The Morgan fingerprint density at radius 3 is 2.68 bits per heavy atom. The van der Waals surface area contributed by atoms with Crippen molar-refractivity contribution in [2.24, 2.45) is 7.05 Å². The fourth-order valence-corrected chi connectivity index (χ4v) is 3.24. The summed E-state index contributed by atoms with van der Waals surface area (Å²) in [6.45, 7) is 4.95. The summed E-state index contributed by atoms with van der Waals surface area (Å²) >= 11 is 0. The Morgan fingerprint density at radius 1 is 1.36 bits per heavy atom. The lowest BCUT2D eigenvalue weighted by Crippen LogP contribution is -2.45. The molecule has 0 spiro atoms. The molecule has 7 heteroatoms. The molecule has 134 valence electrons. The summed E-state index contributed by atoms with van der Waals surface area (Å²) in [7, 11) is 1.94. The van der Waals surface area contributed by atoms with Gasteiger partial charge in [0.15, 0.2) is 0 Å². The van der Waals surface area contributed by atoms with E-state index in [4.69, 9.17) is 0 Å². The lowest BCUT2D eigenvalue weighted by molar-refractivity contribution is 0.177. The van der Waals surface area contributed by atoms with Gasteiger partial charge in [-0.05, 0) is 43.9 Å². The first-order valence-electron chi connectivity index (χ1n) is 8.61. The molecule has 2 aromatic rings. The molecule has 1 aliphatic heterocycles. The Kier molecular flexibility index (Phi) is 5.01. The molecule has 1 fully saturated rings. The van der Waals surface area contributed by atoms with Crippen LogP contribution >= 0.6 is 0 Å². The molecular weight excluding hydrogens is 321 g/mol. The zero-order valence-electron chi connectivity index (χ0n) is 14.9. The highest BCUT2D eigenvalue weighted by molar-refractivity contribution is 5.74. The number of hydrogen-bond acceptors (Lipinski definition) is 3. The van der Waals surface area contributed by atoms with Crippen LogP contribution in [0.25, 0.3) is 0 Å². The summed E-state index contributed by atoms with van der Waals surface area (Å²) in [6, 6.07) is 4.73. The molecule has 0 saturated carbocycles. The second kappa shape index (κ2) is 7.21. The lowest BCUT2D eigenvalue weighted by Gasteiger charge is -2.32. The fourth-order valence-electron chi connectivity index (χ4n) is 3.24. The van der Waals surface area contributed by atoms with Gasteiger partial charge in [-0.2, -0.15) is 0 Å². The van der Waals surface area contributed by atoms with Gasteiger partial charge in [-0.1, -0.05) is 12.1 Å². The zero-order chi connectivity index (χ0) is 18.0. The third-order valence-corrected chi connectivity index (χ3v) is 4.93. The van der Waals surface area contributed by atoms with Crippen LogP contribution < -0.4 is 5.32 Å². The van der Waals surface area contributed by atoms with E-state index in [9.17, 15) is 9.18 Å². The third kappa shape index (κ3) is 3.81. The molecular formula is C18H24FN5O. The number of carbonyl (C=O) groups excluding carboxylic acids is 1. The number of halogens is 1. The van der Waals surface area contributed by atoms with Crippen LogP contribution in [0.5, 0.6) is 0 Å². The van der Waals surface area contributed by atoms with Crippen molar-refractivity contribution < 1.29 is 9.18 Å². The number of urea groups is 1. The van der Waals surface area contributed by atoms with Gasteiger partial charge in [-0.25, -0.2) is 9.18 Å². The van der Waals surface area contributed by atoms with Crippen molar-refractivity contribution >= 4 is 6.03 Å². The summed E-state index contributed by atoms with van der Waals surface area (Å²) in [5, 5.41) is 11.1. The minimum Gasteiger partial charge on any atom is -0.331 e. The average Bonchev–Trinajstić information content (AvgIpc) is 3.03. The molecule has 1 N–H and O–H groups in total. The minimum absolute atomic E-state index is 0.107.